The molecule has 0 fully saturated rings. The summed E-state index contributed by atoms with van der Waals surface area (Å²) in [6.45, 7) is 3.88. The third-order valence-corrected chi connectivity index (χ3v) is 1.47. The molecule has 1 N–H and O–H groups in total. The Morgan fingerprint density at radius 3 is 3.09 bits per heavy atom. The van der Waals surface area contributed by atoms with Crippen LogP contribution in [0.4, 0.5) is 0 Å². The fourth-order valence-electron chi connectivity index (χ4n) is 0.982. The molecule has 0 amide bonds. The molecule has 1 rings (SSSR count). The highest BCUT2D eigenvalue weighted by Crippen LogP contribution is 1.94. The highest BCUT2D eigenvalue weighted by molar-refractivity contribution is 4.82. The summed E-state index contributed by atoms with van der Waals surface area (Å²) < 4.78 is 1.93. The average Bonchev–Trinajstić information content (AvgIpc) is 2.39. The molecule has 4 nitrogen and oxygen atoms in total. The molecule has 0 atom stereocenters. The number of hydrogen-bond acceptors (Lipinski definition) is 3. The minimum atomic E-state index is 0.792. The summed E-state index contributed by atoms with van der Waals surface area (Å²) in [5.41, 5.74) is 0. The Kier molecular flexibility index (Phi) is 3.04. The standard InChI is InChI=1S/C7H14N4/c1-3-4-11-7(5-8-2)9-6-10-11/h6,8H,3-5H2,1-2H3. The zero-order valence-corrected chi connectivity index (χ0v) is 7.04. The minimum Gasteiger partial charge on any atom is -0.313 e. The molecule has 0 aliphatic carbocycles. The molecule has 0 radical (unpaired) electrons. The highest BCUT2D eigenvalue weighted by Gasteiger charge is 1.99. The average molecular weight is 154 g/mol. The van der Waals surface area contributed by atoms with Gasteiger partial charge in [-0.2, -0.15) is 5.10 Å². The monoisotopic (exact) mass is 154 g/mol. The van der Waals surface area contributed by atoms with Crippen molar-refractivity contribution in [3.8, 4) is 0 Å². The summed E-state index contributed by atoms with van der Waals surface area (Å²) in [7, 11) is 1.91. The summed E-state index contributed by atoms with van der Waals surface area (Å²) in [5.74, 6) is 1.01. The Morgan fingerprint density at radius 2 is 2.45 bits per heavy atom. The maximum atomic E-state index is 4.11. The summed E-state index contributed by atoms with van der Waals surface area (Å²) in [6, 6.07) is 0. The SMILES string of the molecule is CCCn1ncnc1CNC. The van der Waals surface area contributed by atoms with Crippen LogP contribution < -0.4 is 5.32 Å². The molecule has 0 spiro atoms. The van der Waals surface area contributed by atoms with Crippen molar-refractivity contribution < 1.29 is 0 Å². The van der Waals surface area contributed by atoms with E-state index in [1.165, 1.54) is 0 Å². The van der Waals surface area contributed by atoms with Crippen LogP contribution in [0, 0.1) is 0 Å². The van der Waals surface area contributed by atoms with Crippen molar-refractivity contribution in [1.29, 1.82) is 0 Å². The van der Waals surface area contributed by atoms with E-state index in [1.807, 2.05) is 11.7 Å². The van der Waals surface area contributed by atoms with E-state index in [4.69, 9.17) is 0 Å². The molecular formula is C7H14N4. The number of rotatable bonds is 4. The molecule has 0 saturated heterocycles. The van der Waals surface area contributed by atoms with Crippen molar-refractivity contribution >= 4 is 0 Å². The molecule has 1 aromatic heterocycles. The Morgan fingerprint density at radius 1 is 1.64 bits per heavy atom. The van der Waals surface area contributed by atoms with Gasteiger partial charge in [-0.3, -0.25) is 0 Å². The van der Waals surface area contributed by atoms with Crippen molar-refractivity contribution in [2.24, 2.45) is 0 Å². The van der Waals surface area contributed by atoms with E-state index in [1.54, 1.807) is 6.33 Å². The molecule has 0 bridgehead atoms. The van der Waals surface area contributed by atoms with Crippen LogP contribution in [0.3, 0.4) is 0 Å². The van der Waals surface area contributed by atoms with Gasteiger partial charge in [0.25, 0.3) is 0 Å². The normalized spacial score (nSPS) is 10.4. The van der Waals surface area contributed by atoms with Crippen molar-refractivity contribution in [2.75, 3.05) is 7.05 Å². The smallest absolute Gasteiger partial charge is 0.140 e. The molecule has 1 heterocycles. The second kappa shape index (κ2) is 4.08. The van der Waals surface area contributed by atoms with E-state index >= 15 is 0 Å². The lowest BCUT2D eigenvalue weighted by Gasteiger charge is -2.02. The maximum absolute atomic E-state index is 4.11. The van der Waals surface area contributed by atoms with Gasteiger partial charge < -0.3 is 5.32 Å². The predicted molar refractivity (Wildman–Crippen MR) is 43.1 cm³/mol. The fraction of sp³-hybridized carbons (Fsp3) is 0.714. The van der Waals surface area contributed by atoms with Crippen LogP contribution in [0.2, 0.25) is 0 Å². The Hall–Kier alpha value is -0.900. The zero-order chi connectivity index (χ0) is 8.10. The molecule has 0 unspecified atom stereocenters. The summed E-state index contributed by atoms with van der Waals surface area (Å²) in [4.78, 5) is 4.11. The first kappa shape index (κ1) is 8.20. The lowest BCUT2D eigenvalue weighted by atomic mass is 10.5. The molecule has 0 aliphatic heterocycles. The van der Waals surface area contributed by atoms with Gasteiger partial charge in [0.15, 0.2) is 0 Å². The van der Waals surface area contributed by atoms with Crippen molar-refractivity contribution in [1.82, 2.24) is 20.1 Å². The van der Waals surface area contributed by atoms with Crippen LogP contribution in [0.15, 0.2) is 6.33 Å². The van der Waals surface area contributed by atoms with Gasteiger partial charge in [-0.15, -0.1) is 0 Å². The Labute approximate surface area is 66.6 Å². The summed E-state index contributed by atoms with van der Waals surface area (Å²) >= 11 is 0. The van der Waals surface area contributed by atoms with Crippen LogP contribution in [-0.2, 0) is 13.1 Å². The second-order valence-corrected chi connectivity index (χ2v) is 2.43. The minimum absolute atomic E-state index is 0.792. The van der Waals surface area contributed by atoms with Gasteiger partial charge in [0.2, 0.25) is 0 Å². The van der Waals surface area contributed by atoms with Crippen LogP contribution in [0.25, 0.3) is 0 Å². The molecule has 0 aromatic carbocycles. The number of nitrogens with zero attached hydrogens (tertiary/aromatic N) is 3. The molecule has 11 heavy (non-hydrogen) atoms. The Bertz CT molecular complexity index is 185. The molecule has 0 aliphatic rings. The van der Waals surface area contributed by atoms with Gasteiger partial charge in [0, 0.05) is 6.54 Å². The number of aryl methyl sites for hydroxylation is 1. The largest absolute Gasteiger partial charge is 0.313 e. The fourth-order valence-corrected chi connectivity index (χ4v) is 0.982. The van der Waals surface area contributed by atoms with Gasteiger partial charge >= 0.3 is 0 Å². The number of hydrogen-bond donors (Lipinski definition) is 1. The predicted octanol–water partition coefficient (Wildman–Crippen LogP) is 0.408. The van der Waals surface area contributed by atoms with E-state index in [0.717, 1.165) is 25.3 Å². The highest BCUT2D eigenvalue weighted by atomic mass is 15.3. The van der Waals surface area contributed by atoms with Gasteiger partial charge in [-0.25, -0.2) is 9.67 Å². The Balaban J connectivity index is 2.62. The number of aromatic nitrogens is 3. The van der Waals surface area contributed by atoms with Crippen LogP contribution in [0.1, 0.15) is 19.2 Å². The van der Waals surface area contributed by atoms with Crippen molar-refractivity contribution in [3.63, 3.8) is 0 Å². The zero-order valence-electron chi connectivity index (χ0n) is 7.04. The van der Waals surface area contributed by atoms with Crippen molar-refractivity contribution in [3.05, 3.63) is 12.2 Å². The third kappa shape index (κ3) is 2.01. The van der Waals surface area contributed by atoms with E-state index < -0.39 is 0 Å². The van der Waals surface area contributed by atoms with E-state index in [2.05, 4.69) is 22.3 Å². The molecule has 62 valence electrons. The van der Waals surface area contributed by atoms with Crippen LogP contribution in [-0.4, -0.2) is 21.8 Å². The summed E-state index contributed by atoms with van der Waals surface area (Å²) in [5, 5.41) is 7.14. The maximum Gasteiger partial charge on any atom is 0.140 e. The van der Waals surface area contributed by atoms with Gasteiger partial charge in [-0.1, -0.05) is 6.92 Å². The molecule has 0 saturated carbocycles. The lowest BCUT2D eigenvalue weighted by molar-refractivity contribution is 0.556. The van der Waals surface area contributed by atoms with E-state index in [-0.39, 0.29) is 0 Å². The van der Waals surface area contributed by atoms with Gasteiger partial charge in [-0.05, 0) is 13.5 Å². The van der Waals surface area contributed by atoms with Crippen LogP contribution >= 0.6 is 0 Å². The van der Waals surface area contributed by atoms with Crippen molar-refractivity contribution in [2.45, 2.75) is 26.4 Å². The topological polar surface area (TPSA) is 42.7 Å². The summed E-state index contributed by atoms with van der Waals surface area (Å²) in [6.07, 6.45) is 2.70. The van der Waals surface area contributed by atoms with E-state index in [0.29, 0.717) is 0 Å². The quantitative estimate of drug-likeness (QED) is 0.683. The first-order chi connectivity index (χ1) is 5.38. The van der Waals surface area contributed by atoms with Gasteiger partial charge in [0.1, 0.15) is 12.2 Å². The molecular weight excluding hydrogens is 140 g/mol. The second-order valence-electron chi connectivity index (χ2n) is 2.43. The molecule has 1 aromatic rings. The van der Waals surface area contributed by atoms with Crippen LogP contribution in [0.5, 0.6) is 0 Å². The molecule has 4 heteroatoms. The van der Waals surface area contributed by atoms with E-state index in [9.17, 15) is 0 Å². The number of nitrogens with one attached hydrogen (secondary N) is 1. The first-order valence-electron chi connectivity index (χ1n) is 3.89. The first-order valence-corrected chi connectivity index (χ1v) is 3.89. The van der Waals surface area contributed by atoms with Gasteiger partial charge in [0.05, 0.1) is 6.54 Å². The lowest BCUT2D eigenvalue weighted by Crippen LogP contribution is -2.13. The third-order valence-electron chi connectivity index (χ3n) is 1.47.